The highest BCUT2D eigenvalue weighted by Gasteiger charge is 2.18. The van der Waals surface area contributed by atoms with Crippen molar-refractivity contribution >= 4 is 86.4 Å². The van der Waals surface area contributed by atoms with Crippen molar-refractivity contribution in [2.45, 2.75) is 0 Å². The number of rotatable bonds is 3. The van der Waals surface area contributed by atoms with Gasteiger partial charge in [0, 0.05) is 52.5 Å². The molecule has 34 heavy (non-hydrogen) atoms. The molecule has 0 radical (unpaired) electrons. The lowest BCUT2D eigenvalue weighted by molar-refractivity contribution is 0.669. The van der Waals surface area contributed by atoms with Gasteiger partial charge in [-0.15, -0.1) is 11.3 Å². The average Bonchev–Trinajstić information content (AvgIpc) is 3.44. The molecular formula is C30H18BrNOS. The van der Waals surface area contributed by atoms with Crippen LogP contribution in [0.25, 0.3) is 42.1 Å². The number of halogens is 1. The van der Waals surface area contributed by atoms with Gasteiger partial charge in [0.2, 0.25) is 0 Å². The summed E-state index contributed by atoms with van der Waals surface area (Å²) in [5.74, 6) is 0. The van der Waals surface area contributed by atoms with Crippen molar-refractivity contribution in [3.8, 4) is 0 Å². The van der Waals surface area contributed by atoms with Gasteiger partial charge in [0.25, 0.3) is 0 Å². The van der Waals surface area contributed by atoms with Crippen LogP contribution < -0.4 is 4.90 Å². The molecule has 0 amide bonds. The van der Waals surface area contributed by atoms with Crippen LogP contribution >= 0.6 is 27.3 Å². The molecule has 0 fully saturated rings. The quantitative estimate of drug-likeness (QED) is 0.230. The number of thiophene rings is 1. The Labute approximate surface area is 208 Å². The first kappa shape index (κ1) is 19.8. The van der Waals surface area contributed by atoms with Crippen LogP contribution in [-0.4, -0.2) is 0 Å². The Morgan fingerprint density at radius 2 is 1.26 bits per heavy atom. The molecule has 0 aliphatic heterocycles. The number of hydrogen-bond donors (Lipinski definition) is 0. The van der Waals surface area contributed by atoms with Crippen molar-refractivity contribution in [2.75, 3.05) is 4.90 Å². The molecule has 2 nitrogen and oxygen atoms in total. The largest absolute Gasteiger partial charge is 0.456 e. The van der Waals surface area contributed by atoms with Crippen LogP contribution in [0.15, 0.2) is 118 Å². The first-order chi connectivity index (χ1) is 16.8. The van der Waals surface area contributed by atoms with Crippen LogP contribution in [-0.2, 0) is 0 Å². The van der Waals surface area contributed by atoms with E-state index in [4.69, 9.17) is 4.42 Å². The highest BCUT2D eigenvalue weighted by Crippen LogP contribution is 2.44. The van der Waals surface area contributed by atoms with Crippen LogP contribution in [0.5, 0.6) is 0 Å². The minimum Gasteiger partial charge on any atom is -0.456 e. The fourth-order valence-corrected chi connectivity index (χ4v) is 6.56. The highest BCUT2D eigenvalue weighted by atomic mass is 79.9. The lowest BCUT2D eigenvalue weighted by Crippen LogP contribution is -2.09. The monoisotopic (exact) mass is 519 g/mol. The van der Waals surface area contributed by atoms with Crippen LogP contribution in [0.4, 0.5) is 17.1 Å². The van der Waals surface area contributed by atoms with Crippen molar-refractivity contribution in [3.63, 3.8) is 0 Å². The second-order valence-corrected chi connectivity index (χ2v) is 10.3. The predicted octanol–water partition coefficient (Wildman–Crippen LogP) is 10.2. The van der Waals surface area contributed by atoms with Gasteiger partial charge in [-0.25, -0.2) is 0 Å². The van der Waals surface area contributed by atoms with Crippen molar-refractivity contribution in [3.05, 3.63) is 114 Å². The third kappa shape index (κ3) is 3.07. The van der Waals surface area contributed by atoms with Gasteiger partial charge in [0.05, 0.1) is 0 Å². The van der Waals surface area contributed by atoms with Gasteiger partial charge < -0.3 is 9.32 Å². The Morgan fingerprint density at radius 3 is 2.15 bits per heavy atom. The molecule has 0 bridgehead atoms. The zero-order valence-corrected chi connectivity index (χ0v) is 20.4. The maximum atomic E-state index is 6.09. The van der Waals surface area contributed by atoms with E-state index in [0.29, 0.717) is 0 Å². The Bertz CT molecular complexity index is 1830. The summed E-state index contributed by atoms with van der Waals surface area (Å²) in [5.41, 5.74) is 5.13. The van der Waals surface area contributed by atoms with Crippen molar-refractivity contribution in [1.82, 2.24) is 0 Å². The lowest BCUT2D eigenvalue weighted by atomic mass is 10.1. The summed E-state index contributed by atoms with van der Waals surface area (Å²) in [5, 5.41) is 4.80. The molecule has 0 saturated carbocycles. The molecule has 2 heterocycles. The van der Waals surface area contributed by atoms with E-state index in [2.05, 4.69) is 118 Å². The van der Waals surface area contributed by atoms with Crippen LogP contribution in [0.2, 0.25) is 0 Å². The molecule has 0 unspecified atom stereocenters. The Hall–Kier alpha value is -3.60. The highest BCUT2D eigenvalue weighted by molar-refractivity contribution is 9.10. The van der Waals surface area contributed by atoms with E-state index >= 15 is 0 Å². The third-order valence-corrected chi connectivity index (χ3v) is 8.42. The molecule has 7 rings (SSSR count). The number of fused-ring (bicyclic) bond motifs is 6. The smallest absolute Gasteiger partial charge is 0.135 e. The van der Waals surface area contributed by atoms with Gasteiger partial charge >= 0.3 is 0 Å². The molecular weight excluding hydrogens is 502 g/mol. The van der Waals surface area contributed by atoms with E-state index in [1.807, 2.05) is 23.5 Å². The molecule has 0 N–H and O–H groups in total. The summed E-state index contributed by atoms with van der Waals surface area (Å²) in [6.45, 7) is 0. The minimum absolute atomic E-state index is 0.901. The molecule has 0 saturated heterocycles. The molecule has 7 aromatic rings. The fraction of sp³-hybridized carbons (Fsp3) is 0. The fourth-order valence-electron chi connectivity index (χ4n) is 4.78. The summed E-state index contributed by atoms with van der Waals surface area (Å²) in [7, 11) is 0. The van der Waals surface area contributed by atoms with Crippen LogP contribution in [0.1, 0.15) is 0 Å². The molecule has 0 aliphatic carbocycles. The molecule has 0 spiro atoms. The summed E-state index contributed by atoms with van der Waals surface area (Å²) in [4.78, 5) is 2.32. The summed E-state index contributed by atoms with van der Waals surface area (Å²) >= 11 is 5.70. The molecule has 2 aromatic heterocycles. The van der Waals surface area contributed by atoms with Crippen molar-refractivity contribution < 1.29 is 4.42 Å². The van der Waals surface area contributed by atoms with Gasteiger partial charge in [-0.05, 0) is 70.5 Å². The van der Waals surface area contributed by atoms with Crippen molar-refractivity contribution in [1.29, 1.82) is 0 Å². The minimum atomic E-state index is 0.901. The molecule has 0 aliphatic rings. The predicted molar refractivity (Wildman–Crippen MR) is 149 cm³/mol. The number of benzene rings is 5. The van der Waals surface area contributed by atoms with Crippen LogP contribution in [0, 0.1) is 0 Å². The van der Waals surface area contributed by atoms with Gasteiger partial charge in [-0.3, -0.25) is 0 Å². The zero-order valence-electron chi connectivity index (χ0n) is 18.0. The third-order valence-electron chi connectivity index (χ3n) is 6.31. The Kier molecular flexibility index (Phi) is 4.51. The van der Waals surface area contributed by atoms with E-state index < -0.39 is 0 Å². The Morgan fingerprint density at radius 1 is 0.559 bits per heavy atom. The number of nitrogens with zero attached hydrogens (tertiary/aromatic N) is 1. The normalized spacial score (nSPS) is 11.7. The van der Waals surface area contributed by atoms with E-state index in [-0.39, 0.29) is 0 Å². The van der Waals surface area contributed by atoms with Crippen LogP contribution in [0.3, 0.4) is 0 Å². The maximum Gasteiger partial charge on any atom is 0.135 e. The number of para-hydroxylation sites is 2. The molecule has 0 atom stereocenters. The topological polar surface area (TPSA) is 16.4 Å². The standard InChI is InChI=1S/C30H18BrNOS/c31-26-18-21(17-25-23-11-5-7-13-29(23)34-30(25)26)32(19-8-2-1-3-9-19)20-14-15-28-24(16-20)22-10-4-6-12-27(22)33-28/h1-18H. The van der Waals surface area contributed by atoms with Gasteiger partial charge in [0.15, 0.2) is 0 Å². The number of anilines is 3. The Balaban J connectivity index is 1.50. The van der Waals surface area contributed by atoms with Gasteiger partial charge in [0.1, 0.15) is 11.2 Å². The maximum absolute atomic E-state index is 6.09. The van der Waals surface area contributed by atoms with E-state index in [1.54, 1.807) is 0 Å². The number of hydrogen-bond acceptors (Lipinski definition) is 3. The summed E-state index contributed by atoms with van der Waals surface area (Å²) in [6, 6.07) is 38.4. The van der Waals surface area contributed by atoms with Gasteiger partial charge in [-0.2, -0.15) is 0 Å². The van der Waals surface area contributed by atoms with Gasteiger partial charge in [-0.1, -0.05) is 54.6 Å². The van der Waals surface area contributed by atoms with E-state index in [0.717, 1.165) is 43.5 Å². The summed E-state index contributed by atoms with van der Waals surface area (Å²) < 4.78 is 9.77. The second kappa shape index (κ2) is 7.73. The SMILES string of the molecule is Brc1cc(N(c2ccccc2)c2ccc3oc4ccccc4c3c2)cc2c1sc1ccccc12. The van der Waals surface area contributed by atoms with Crippen molar-refractivity contribution in [2.24, 2.45) is 0 Å². The van der Waals surface area contributed by atoms with E-state index in [9.17, 15) is 0 Å². The average molecular weight is 520 g/mol. The second-order valence-electron chi connectivity index (χ2n) is 8.35. The lowest BCUT2D eigenvalue weighted by Gasteiger charge is -2.26. The number of furan rings is 1. The van der Waals surface area contributed by atoms with E-state index in [1.165, 1.54) is 20.2 Å². The molecule has 4 heteroatoms. The molecule has 162 valence electrons. The zero-order chi connectivity index (χ0) is 22.6. The first-order valence-electron chi connectivity index (χ1n) is 11.1. The summed E-state index contributed by atoms with van der Waals surface area (Å²) in [6.07, 6.45) is 0. The first-order valence-corrected chi connectivity index (χ1v) is 12.7. The molecule has 5 aromatic carbocycles.